The van der Waals surface area contributed by atoms with Crippen LogP contribution >= 0.6 is 11.8 Å². The van der Waals surface area contributed by atoms with Gasteiger partial charge in [-0.1, -0.05) is 44.2 Å². The van der Waals surface area contributed by atoms with Crippen molar-refractivity contribution in [2.75, 3.05) is 7.11 Å². The Morgan fingerprint density at radius 3 is 2.26 bits per heavy atom. The molecule has 0 fully saturated rings. The summed E-state index contributed by atoms with van der Waals surface area (Å²) in [5.74, 6) is 2.07. The van der Waals surface area contributed by atoms with E-state index in [-0.39, 0.29) is 11.9 Å². The molecule has 0 saturated heterocycles. The van der Waals surface area contributed by atoms with E-state index in [1.54, 1.807) is 18.9 Å². The van der Waals surface area contributed by atoms with Crippen molar-refractivity contribution in [3.8, 4) is 5.75 Å². The molecule has 0 saturated carbocycles. The normalized spacial score (nSPS) is 11.9. The van der Waals surface area contributed by atoms with Gasteiger partial charge in [-0.05, 0) is 78.4 Å². The largest absolute Gasteiger partial charge is 0.496 e. The topological polar surface area (TPSA) is 38.3 Å². The SMILES string of the molecule is COc1cc(C)c([C@@H](C)NC(=O)c2ccc(CSc3ccccc3)cc2)cc1C(C)C. The second-order valence-corrected chi connectivity index (χ2v) is 9.15. The highest BCUT2D eigenvalue weighted by Gasteiger charge is 2.17. The molecule has 3 aromatic rings. The number of aryl methyl sites for hydroxylation is 1. The van der Waals surface area contributed by atoms with Crippen LogP contribution in [-0.4, -0.2) is 13.0 Å². The lowest BCUT2D eigenvalue weighted by Gasteiger charge is -2.21. The van der Waals surface area contributed by atoms with Crippen LogP contribution in [0.3, 0.4) is 0 Å². The van der Waals surface area contributed by atoms with Crippen molar-refractivity contribution in [1.82, 2.24) is 5.32 Å². The van der Waals surface area contributed by atoms with Crippen LogP contribution in [0.4, 0.5) is 0 Å². The van der Waals surface area contributed by atoms with Gasteiger partial charge in [0.25, 0.3) is 5.91 Å². The minimum absolute atomic E-state index is 0.0592. The summed E-state index contributed by atoms with van der Waals surface area (Å²) in [4.78, 5) is 14.1. The smallest absolute Gasteiger partial charge is 0.251 e. The first kappa shape index (κ1) is 23.0. The molecule has 0 bridgehead atoms. The maximum atomic E-state index is 12.8. The van der Waals surface area contributed by atoms with Gasteiger partial charge in [0.05, 0.1) is 13.2 Å². The van der Waals surface area contributed by atoms with E-state index < -0.39 is 0 Å². The van der Waals surface area contributed by atoms with Crippen LogP contribution in [-0.2, 0) is 5.75 Å². The van der Waals surface area contributed by atoms with Gasteiger partial charge in [0.2, 0.25) is 0 Å². The van der Waals surface area contributed by atoms with Gasteiger partial charge in [0.15, 0.2) is 0 Å². The molecule has 1 amide bonds. The number of ether oxygens (including phenoxy) is 1. The lowest BCUT2D eigenvalue weighted by atomic mass is 9.93. The monoisotopic (exact) mass is 433 g/mol. The summed E-state index contributed by atoms with van der Waals surface area (Å²) in [6.45, 7) is 8.39. The minimum atomic E-state index is -0.0933. The molecule has 162 valence electrons. The van der Waals surface area contributed by atoms with E-state index in [4.69, 9.17) is 4.74 Å². The third kappa shape index (κ3) is 5.92. The van der Waals surface area contributed by atoms with Crippen LogP contribution in [0, 0.1) is 6.92 Å². The second kappa shape index (κ2) is 10.5. The fourth-order valence-electron chi connectivity index (χ4n) is 3.60. The number of nitrogens with one attached hydrogen (secondary N) is 1. The van der Waals surface area contributed by atoms with E-state index in [9.17, 15) is 4.79 Å². The van der Waals surface area contributed by atoms with Crippen LogP contribution in [0.25, 0.3) is 0 Å². The fourth-order valence-corrected chi connectivity index (χ4v) is 4.48. The molecule has 0 aliphatic rings. The van der Waals surface area contributed by atoms with Gasteiger partial charge in [-0.25, -0.2) is 0 Å². The molecule has 0 radical (unpaired) electrons. The van der Waals surface area contributed by atoms with Crippen molar-refractivity contribution >= 4 is 17.7 Å². The summed E-state index contributed by atoms with van der Waals surface area (Å²) in [6.07, 6.45) is 0. The molecule has 1 atom stereocenters. The van der Waals surface area contributed by atoms with Gasteiger partial charge in [-0.2, -0.15) is 0 Å². The molecule has 3 nitrogen and oxygen atoms in total. The Balaban J connectivity index is 1.66. The maximum absolute atomic E-state index is 12.8. The first-order valence-electron chi connectivity index (χ1n) is 10.6. The number of hydrogen-bond donors (Lipinski definition) is 1. The van der Waals surface area contributed by atoms with Crippen molar-refractivity contribution in [1.29, 1.82) is 0 Å². The highest BCUT2D eigenvalue weighted by molar-refractivity contribution is 7.98. The van der Waals surface area contributed by atoms with Crippen LogP contribution in [0.1, 0.15) is 65.3 Å². The van der Waals surface area contributed by atoms with Crippen molar-refractivity contribution in [3.63, 3.8) is 0 Å². The molecule has 0 heterocycles. The average molecular weight is 434 g/mol. The van der Waals surface area contributed by atoms with E-state index in [2.05, 4.69) is 50.4 Å². The Kier molecular flexibility index (Phi) is 7.80. The molecule has 0 aliphatic carbocycles. The molecule has 31 heavy (non-hydrogen) atoms. The zero-order valence-corrected chi connectivity index (χ0v) is 19.8. The molecule has 3 aromatic carbocycles. The molecule has 4 heteroatoms. The summed E-state index contributed by atoms with van der Waals surface area (Å²) in [6, 6.07) is 22.3. The first-order chi connectivity index (χ1) is 14.9. The number of hydrogen-bond acceptors (Lipinski definition) is 3. The van der Waals surface area contributed by atoms with Crippen molar-refractivity contribution < 1.29 is 9.53 Å². The quantitative estimate of drug-likeness (QED) is 0.392. The molecule has 0 spiro atoms. The number of carbonyl (C=O) groups excluding carboxylic acids is 1. The number of thioether (sulfide) groups is 1. The summed E-state index contributed by atoms with van der Waals surface area (Å²) in [5, 5.41) is 3.15. The molecule has 1 N–H and O–H groups in total. The fraction of sp³-hybridized carbons (Fsp3) is 0.296. The number of benzene rings is 3. The molecule has 0 unspecified atom stereocenters. The number of rotatable bonds is 8. The molecule has 0 aliphatic heterocycles. The highest BCUT2D eigenvalue weighted by atomic mass is 32.2. The van der Waals surface area contributed by atoms with E-state index in [1.165, 1.54) is 10.5 Å². The minimum Gasteiger partial charge on any atom is -0.496 e. The van der Waals surface area contributed by atoms with Crippen LogP contribution in [0.2, 0.25) is 0 Å². The van der Waals surface area contributed by atoms with Crippen LogP contribution in [0.5, 0.6) is 5.75 Å². The third-order valence-electron chi connectivity index (χ3n) is 5.42. The van der Waals surface area contributed by atoms with Crippen LogP contribution in [0.15, 0.2) is 71.6 Å². The lowest BCUT2D eigenvalue weighted by molar-refractivity contribution is 0.0940. The number of methoxy groups -OCH3 is 1. The Labute approximate surface area is 190 Å². The summed E-state index contributed by atoms with van der Waals surface area (Å²) in [5.41, 5.74) is 5.27. The Hall–Kier alpha value is -2.72. The Morgan fingerprint density at radius 2 is 1.65 bits per heavy atom. The van der Waals surface area contributed by atoms with Gasteiger partial charge in [-0.15, -0.1) is 11.8 Å². The summed E-state index contributed by atoms with van der Waals surface area (Å²) < 4.78 is 5.54. The molecular weight excluding hydrogens is 402 g/mol. The van der Waals surface area contributed by atoms with Gasteiger partial charge in [-0.3, -0.25) is 4.79 Å². The zero-order chi connectivity index (χ0) is 22.4. The van der Waals surface area contributed by atoms with E-state index in [1.807, 2.05) is 49.4 Å². The first-order valence-corrected chi connectivity index (χ1v) is 11.6. The lowest BCUT2D eigenvalue weighted by Crippen LogP contribution is -2.27. The number of amides is 1. The standard InChI is InChI=1S/C27H31NO2S/c1-18(2)24-16-25(19(3)15-26(24)30-5)20(4)28-27(29)22-13-11-21(12-14-22)17-31-23-9-7-6-8-10-23/h6-16,18,20H,17H2,1-5H3,(H,28,29)/t20-/m1/s1. The maximum Gasteiger partial charge on any atom is 0.251 e. The van der Waals surface area contributed by atoms with Gasteiger partial charge in [0, 0.05) is 16.2 Å². The summed E-state index contributed by atoms with van der Waals surface area (Å²) in [7, 11) is 1.70. The Morgan fingerprint density at radius 1 is 0.968 bits per heavy atom. The van der Waals surface area contributed by atoms with Gasteiger partial charge in [0.1, 0.15) is 5.75 Å². The molecule has 3 rings (SSSR count). The van der Waals surface area contributed by atoms with Gasteiger partial charge >= 0.3 is 0 Å². The molecule has 0 aromatic heterocycles. The van der Waals surface area contributed by atoms with Crippen molar-refractivity contribution in [2.45, 2.75) is 50.3 Å². The van der Waals surface area contributed by atoms with E-state index in [0.29, 0.717) is 11.5 Å². The van der Waals surface area contributed by atoms with Crippen molar-refractivity contribution in [3.05, 3.63) is 94.5 Å². The molecular formula is C27H31NO2S. The van der Waals surface area contributed by atoms with E-state index >= 15 is 0 Å². The predicted molar refractivity (Wildman–Crippen MR) is 130 cm³/mol. The van der Waals surface area contributed by atoms with Crippen molar-refractivity contribution in [2.24, 2.45) is 0 Å². The predicted octanol–water partition coefficient (Wildman–Crippen LogP) is 6.91. The Bertz CT molecular complexity index is 1010. The average Bonchev–Trinajstić information content (AvgIpc) is 2.78. The second-order valence-electron chi connectivity index (χ2n) is 8.10. The van der Waals surface area contributed by atoms with Gasteiger partial charge < -0.3 is 10.1 Å². The summed E-state index contributed by atoms with van der Waals surface area (Å²) >= 11 is 1.79. The van der Waals surface area contributed by atoms with E-state index in [0.717, 1.165) is 28.2 Å². The number of carbonyl (C=O) groups is 1. The highest BCUT2D eigenvalue weighted by Crippen LogP contribution is 2.32. The third-order valence-corrected chi connectivity index (χ3v) is 6.50. The zero-order valence-electron chi connectivity index (χ0n) is 18.9. The van der Waals surface area contributed by atoms with Crippen LogP contribution < -0.4 is 10.1 Å².